The smallest absolute Gasteiger partial charge is 0.255 e. The molecule has 0 aliphatic carbocycles. The first-order valence-electron chi connectivity index (χ1n) is 9.64. The van der Waals surface area contributed by atoms with Crippen LogP contribution in [0.1, 0.15) is 16.8 Å². The molecule has 2 aromatic carbocycles. The van der Waals surface area contributed by atoms with Crippen molar-refractivity contribution in [1.82, 2.24) is 4.31 Å². The van der Waals surface area contributed by atoms with Crippen molar-refractivity contribution < 1.29 is 31.8 Å². The average Bonchev–Trinajstić information content (AvgIpc) is 3.01. The standard InChI is InChI=1S/C20H20ClFN2O6S/c21-15-10-13(11-17-19(15)30-7-1-6-29-17)20(25)23-14-2-3-16(22)18(12-14)31(26,27)24-4-8-28-9-5-24/h2-3,10-12H,1,4-9H2,(H,23,25). The summed E-state index contributed by atoms with van der Waals surface area (Å²) in [6.45, 7) is 1.62. The molecular weight excluding hydrogens is 451 g/mol. The highest BCUT2D eigenvalue weighted by Gasteiger charge is 2.29. The zero-order valence-electron chi connectivity index (χ0n) is 16.4. The summed E-state index contributed by atoms with van der Waals surface area (Å²) in [7, 11) is -4.07. The SMILES string of the molecule is O=C(Nc1ccc(F)c(S(=O)(=O)N2CCOCC2)c1)c1cc(Cl)c2c(c1)OCCCO2. The number of anilines is 1. The number of nitrogens with zero attached hydrogens (tertiary/aromatic N) is 1. The zero-order chi connectivity index (χ0) is 22.0. The van der Waals surface area contributed by atoms with E-state index < -0.39 is 26.6 Å². The molecule has 0 radical (unpaired) electrons. The van der Waals surface area contributed by atoms with Crippen LogP contribution >= 0.6 is 11.6 Å². The Balaban J connectivity index is 1.59. The second-order valence-corrected chi connectivity index (χ2v) is 9.27. The summed E-state index contributed by atoms with van der Waals surface area (Å²) in [5.41, 5.74) is 0.317. The molecule has 0 unspecified atom stereocenters. The molecule has 166 valence electrons. The number of benzene rings is 2. The van der Waals surface area contributed by atoms with Crippen LogP contribution < -0.4 is 14.8 Å². The van der Waals surface area contributed by atoms with E-state index in [9.17, 15) is 17.6 Å². The third kappa shape index (κ3) is 4.62. The normalized spacial score (nSPS) is 17.1. The van der Waals surface area contributed by atoms with Gasteiger partial charge in [-0.25, -0.2) is 12.8 Å². The molecule has 0 bridgehead atoms. The highest BCUT2D eigenvalue weighted by molar-refractivity contribution is 7.89. The molecule has 8 nitrogen and oxygen atoms in total. The predicted molar refractivity (Wildman–Crippen MR) is 111 cm³/mol. The van der Waals surface area contributed by atoms with Gasteiger partial charge in [-0.05, 0) is 30.3 Å². The van der Waals surface area contributed by atoms with E-state index in [2.05, 4.69) is 5.32 Å². The second kappa shape index (κ2) is 8.99. The molecule has 4 rings (SSSR count). The van der Waals surface area contributed by atoms with Gasteiger partial charge in [0.15, 0.2) is 11.5 Å². The maximum atomic E-state index is 14.4. The quantitative estimate of drug-likeness (QED) is 0.738. The number of ether oxygens (including phenoxy) is 3. The van der Waals surface area contributed by atoms with Crippen LogP contribution in [0.15, 0.2) is 35.2 Å². The number of halogens is 2. The van der Waals surface area contributed by atoms with Crippen LogP contribution in [0.4, 0.5) is 10.1 Å². The first kappa shape index (κ1) is 21.8. The number of nitrogens with one attached hydrogen (secondary N) is 1. The van der Waals surface area contributed by atoms with Crippen molar-refractivity contribution in [2.75, 3.05) is 44.8 Å². The molecule has 2 aliphatic heterocycles. The van der Waals surface area contributed by atoms with Crippen LogP contribution in [0.3, 0.4) is 0 Å². The molecule has 31 heavy (non-hydrogen) atoms. The molecule has 1 amide bonds. The summed E-state index contributed by atoms with van der Waals surface area (Å²) < 4.78 is 57.5. The maximum Gasteiger partial charge on any atom is 0.255 e. The summed E-state index contributed by atoms with van der Waals surface area (Å²) in [4.78, 5) is 12.2. The van der Waals surface area contributed by atoms with Crippen molar-refractivity contribution in [2.24, 2.45) is 0 Å². The molecule has 1 saturated heterocycles. The van der Waals surface area contributed by atoms with E-state index in [1.807, 2.05) is 0 Å². The van der Waals surface area contributed by atoms with Crippen LogP contribution in [-0.4, -0.2) is 58.1 Å². The molecule has 0 saturated carbocycles. The predicted octanol–water partition coefficient (Wildman–Crippen LogP) is 2.91. The molecule has 0 spiro atoms. The minimum Gasteiger partial charge on any atom is -0.489 e. The molecule has 1 N–H and O–H groups in total. The first-order chi connectivity index (χ1) is 14.9. The molecule has 0 atom stereocenters. The zero-order valence-corrected chi connectivity index (χ0v) is 18.0. The Kier molecular flexibility index (Phi) is 6.33. The Hall–Kier alpha value is -2.40. The third-order valence-corrected chi connectivity index (χ3v) is 7.04. The highest BCUT2D eigenvalue weighted by atomic mass is 35.5. The van der Waals surface area contributed by atoms with Crippen molar-refractivity contribution in [3.05, 3.63) is 46.7 Å². The highest BCUT2D eigenvalue weighted by Crippen LogP contribution is 2.38. The maximum absolute atomic E-state index is 14.4. The number of sulfonamides is 1. The van der Waals surface area contributed by atoms with Gasteiger partial charge in [0.2, 0.25) is 10.0 Å². The van der Waals surface area contributed by atoms with E-state index in [1.165, 1.54) is 18.2 Å². The van der Waals surface area contributed by atoms with E-state index in [1.54, 1.807) is 0 Å². The lowest BCUT2D eigenvalue weighted by Crippen LogP contribution is -2.40. The van der Waals surface area contributed by atoms with Gasteiger partial charge in [0.05, 0.1) is 31.5 Å². The molecule has 11 heteroatoms. The van der Waals surface area contributed by atoms with E-state index in [4.69, 9.17) is 25.8 Å². The number of morpholine rings is 1. The van der Waals surface area contributed by atoms with Crippen LogP contribution in [-0.2, 0) is 14.8 Å². The van der Waals surface area contributed by atoms with Gasteiger partial charge >= 0.3 is 0 Å². The largest absolute Gasteiger partial charge is 0.489 e. The summed E-state index contributed by atoms with van der Waals surface area (Å²) >= 11 is 6.23. The number of hydrogen-bond acceptors (Lipinski definition) is 6. The van der Waals surface area contributed by atoms with Gasteiger partial charge in [-0.2, -0.15) is 4.31 Å². The Morgan fingerprint density at radius 1 is 1.06 bits per heavy atom. The summed E-state index contributed by atoms with van der Waals surface area (Å²) in [6.07, 6.45) is 0.683. The minimum absolute atomic E-state index is 0.126. The molecule has 2 aliphatic rings. The number of amides is 1. The van der Waals surface area contributed by atoms with Crippen molar-refractivity contribution in [1.29, 1.82) is 0 Å². The fourth-order valence-electron chi connectivity index (χ4n) is 3.27. The monoisotopic (exact) mass is 470 g/mol. The van der Waals surface area contributed by atoms with Gasteiger partial charge in [0.25, 0.3) is 5.91 Å². The van der Waals surface area contributed by atoms with Crippen LogP contribution in [0.25, 0.3) is 0 Å². The lowest BCUT2D eigenvalue weighted by molar-refractivity contribution is 0.0729. The molecule has 2 heterocycles. The summed E-state index contributed by atoms with van der Waals surface area (Å²) in [6, 6.07) is 6.32. The molecule has 2 aromatic rings. The van der Waals surface area contributed by atoms with Crippen molar-refractivity contribution in [3.63, 3.8) is 0 Å². The Labute approximate surface area is 183 Å². The van der Waals surface area contributed by atoms with Gasteiger partial charge in [-0.3, -0.25) is 4.79 Å². The van der Waals surface area contributed by atoms with Gasteiger partial charge in [0, 0.05) is 30.8 Å². The number of fused-ring (bicyclic) bond motifs is 1. The number of carbonyl (C=O) groups is 1. The van der Waals surface area contributed by atoms with Crippen molar-refractivity contribution in [2.45, 2.75) is 11.3 Å². The summed E-state index contributed by atoms with van der Waals surface area (Å²) in [5.74, 6) is -0.733. The first-order valence-corrected chi connectivity index (χ1v) is 11.5. The second-order valence-electron chi connectivity index (χ2n) is 6.95. The topological polar surface area (TPSA) is 94.2 Å². The summed E-state index contributed by atoms with van der Waals surface area (Å²) in [5, 5.41) is 2.80. The van der Waals surface area contributed by atoms with Gasteiger partial charge in [0.1, 0.15) is 10.7 Å². The lowest BCUT2D eigenvalue weighted by atomic mass is 10.1. The third-order valence-electron chi connectivity index (χ3n) is 4.84. The van der Waals surface area contributed by atoms with Crippen LogP contribution in [0.2, 0.25) is 5.02 Å². The average molecular weight is 471 g/mol. The van der Waals surface area contributed by atoms with Gasteiger partial charge < -0.3 is 19.5 Å². The Bertz CT molecular complexity index is 1110. The number of rotatable bonds is 4. The fourth-order valence-corrected chi connectivity index (χ4v) is 5.03. The van der Waals surface area contributed by atoms with Gasteiger partial charge in [-0.1, -0.05) is 11.6 Å². The van der Waals surface area contributed by atoms with Crippen molar-refractivity contribution >= 4 is 33.2 Å². The van der Waals surface area contributed by atoms with E-state index in [0.717, 1.165) is 16.4 Å². The molecule has 0 aromatic heterocycles. The van der Waals surface area contributed by atoms with E-state index in [-0.39, 0.29) is 42.6 Å². The van der Waals surface area contributed by atoms with Crippen molar-refractivity contribution in [3.8, 4) is 11.5 Å². The molecule has 1 fully saturated rings. The van der Waals surface area contributed by atoms with Crippen LogP contribution in [0.5, 0.6) is 11.5 Å². The Morgan fingerprint density at radius 2 is 1.81 bits per heavy atom. The van der Waals surface area contributed by atoms with E-state index >= 15 is 0 Å². The van der Waals surface area contributed by atoms with E-state index in [0.29, 0.717) is 31.1 Å². The minimum atomic E-state index is -4.07. The number of hydrogen-bond donors (Lipinski definition) is 1. The van der Waals surface area contributed by atoms with Gasteiger partial charge in [-0.15, -0.1) is 0 Å². The fraction of sp³-hybridized carbons (Fsp3) is 0.350. The Morgan fingerprint density at radius 3 is 2.58 bits per heavy atom. The number of carbonyl (C=O) groups excluding carboxylic acids is 1. The van der Waals surface area contributed by atoms with Crippen LogP contribution in [0, 0.1) is 5.82 Å². The molecular formula is C20H20ClFN2O6S. The lowest BCUT2D eigenvalue weighted by Gasteiger charge is -2.26.